The summed E-state index contributed by atoms with van der Waals surface area (Å²) in [6, 6.07) is 0. The molecule has 5 heteroatoms. The van der Waals surface area contributed by atoms with Crippen LogP contribution in [-0.2, 0) is 23.8 Å². The zero-order valence-corrected chi connectivity index (χ0v) is 20.5. The molecule has 2 fully saturated rings. The molecule has 2 unspecified atom stereocenters. The first-order valence-electron chi connectivity index (χ1n) is 11.8. The number of fused-ring (bicyclic) bond motifs is 3. The lowest BCUT2D eigenvalue weighted by molar-refractivity contribution is -0.162. The average molecular weight is 433 g/mol. The second-order valence-electron chi connectivity index (χ2n) is 10.7. The van der Waals surface area contributed by atoms with Crippen LogP contribution in [0, 0.1) is 29.1 Å². The SMILES string of the molecule is CCOC(=O)C1/C=C(/C)CC[C@@]2(C)/C(=C\C(=O)C(C)C1)[C@H]1OC(C)(C)O[C@H]1[C@@H]2C(C)C. The minimum atomic E-state index is -0.656. The highest BCUT2D eigenvalue weighted by atomic mass is 16.8. The molecule has 31 heavy (non-hydrogen) atoms. The fourth-order valence-electron chi connectivity index (χ4n) is 6.00. The van der Waals surface area contributed by atoms with Gasteiger partial charge in [-0.15, -0.1) is 0 Å². The summed E-state index contributed by atoms with van der Waals surface area (Å²) in [5.41, 5.74) is 2.04. The second-order valence-corrected chi connectivity index (χ2v) is 10.7. The van der Waals surface area contributed by atoms with Crippen molar-refractivity contribution in [1.82, 2.24) is 0 Å². The number of hydrogen-bond donors (Lipinski definition) is 0. The Hall–Kier alpha value is -1.46. The maximum absolute atomic E-state index is 13.3. The number of esters is 1. The van der Waals surface area contributed by atoms with Crippen molar-refractivity contribution in [2.24, 2.45) is 29.1 Å². The summed E-state index contributed by atoms with van der Waals surface area (Å²) in [5.74, 6) is -0.870. The van der Waals surface area contributed by atoms with Crippen molar-refractivity contribution in [1.29, 1.82) is 0 Å². The van der Waals surface area contributed by atoms with Gasteiger partial charge in [-0.2, -0.15) is 0 Å². The van der Waals surface area contributed by atoms with Crippen molar-refractivity contribution in [3.05, 3.63) is 23.3 Å². The zero-order chi connectivity index (χ0) is 23.1. The highest BCUT2D eigenvalue weighted by molar-refractivity contribution is 5.93. The van der Waals surface area contributed by atoms with E-state index in [4.69, 9.17) is 14.2 Å². The first-order chi connectivity index (χ1) is 14.4. The van der Waals surface area contributed by atoms with Crippen LogP contribution in [0.3, 0.4) is 0 Å². The summed E-state index contributed by atoms with van der Waals surface area (Å²) in [7, 11) is 0. The Morgan fingerprint density at radius 2 is 1.94 bits per heavy atom. The maximum atomic E-state index is 13.3. The summed E-state index contributed by atoms with van der Waals surface area (Å²) in [5, 5.41) is 0. The van der Waals surface area contributed by atoms with Crippen LogP contribution in [0.2, 0.25) is 0 Å². The van der Waals surface area contributed by atoms with Crippen molar-refractivity contribution in [2.45, 2.75) is 92.6 Å². The highest BCUT2D eigenvalue weighted by Gasteiger charge is 2.61. The van der Waals surface area contributed by atoms with Crippen LogP contribution in [0.5, 0.6) is 0 Å². The third kappa shape index (κ3) is 4.68. The van der Waals surface area contributed by atoms with E-state index >= 15 is 0 Å². The molecule has 0 aromatic rings. The van der Waals surface area contributed by atoms with E-state index in [2.05, 4.69) is 27.7 Å². The minimum Gasteiger partial charge on any atom is -0.466 e. The van der Waals surface area contributed by atoms with Gasteiger partial charge in [-0.3, -0.25) is 9.59 Å². The van der Waals surface area contributed by atoms with Crippen LogP contribution >= 0.6 is 0 Å². The largest absolute Gasteiger partial charge is 0.466 e. The predicted octanol–water partition coefficient (Wildman–Crippen LogP) is 5.24. The Labute approximate surface area is 187 Å². The van der Waals surface area contributed by atoms with Gasteiger partial charge in [0.15, 0.2) is 11.6 Å². The molecule has 0 amide bonds. The van der Waals surface area contributed by atoms with Crippen LogP contribution in [0.4, 0.5) is 0 Å². The van der Waals surface area contributed by atoms with Gasteiger partial charge >= 0.3 is 5.97 Å². The van der Waals surface area contributed by atoms with Gasteiger partial charge in [0.2, 0.25) is 0 Å². The van der Waals surface area contributed by atoms with Gasteiger partial charge in [-0.1, -0.05) is 39.3 Å². The maximum Gasteiger partial charge on any atom is 0.312 e. The van der Waals surface area contributed by atoms with Gasteiger partial charge in [0, 0.05) is 5.92 Å². The third-order valence-electron chi connectivity index (χ3n) is 7.41. The molecule has 1 aliphatic heterocycles. The summed E-state index contributed by atoms with van der Waals surface area (Å²) >= 11 is 0. The highest BCUT2D eigenvalue weighted by Crippen LogP contribution is 2.59. The third-order valence-corrected chi connectivity index (χ3v) is 7.41. The number of carbonyl (C=O) groups is 2. The van der Waals surface area contributed by atoms with Crippen molar-refractivity contribution in [2.75, 3.05) is 6.61 Å². The van der Waals surface area contributed by atoms with Crippen LogP contribution in [0.15, 0.2) is 23.3 Å². The molecule has 3 aliphatic rings. The van der Waals surface area contributed by atoms with Gasteiger partial charge in [0.25, 0.3) is 0 Å². The lowest BCUT2D eigenvalue weighted by Gasteiger charge is -2.39. The molecule has 0 aromatic carbocycles. The fourth-order valence-corrected chi connectivity index (χ4v) is 6.00. The van der Waals surface area contributed by atoms with E-state index in [9.17, 15) is 9.59 Å². The second kappa shape index (κ2) is 8.82. The lowest BCUT2D eigenvalue weighted by atomic mass is 9.68. The predicted molar refractivity (Wildman–Crippen MR) is 120 cm³/mol. The molecule has 1 heterocycles. The van der Waals surface area contributed by atoms with Crippen molar-refractivity contribution < 1.29 is 23.8 Å². The molecule has 3 rings (SSSR count). The van der Waals surface area contributed by atoms with Crippen LogP contribution < -0.4 is 0 Å². The van der Waals surface area contributed by atoms with E-state index in [1.165, 1.54) is 5.57 Å². The Morgan fingerprint density at radius 3 is 2.55 bits per heavy atom. The fraction of sp³-hybridized carbons (Fsp3) is 0.769. The molecular weight excluding hydrogens is 392 g/mol. The molecule has 0 spiro atoms. The van der Waals surface area contributed by atoms with Crippen molar-refractivity contribution in [3.63, 3.8) is 0 Å². The van der Waals surface area contributed by atoms with E-state index in [0.29, 0.717) is 18.9 Å². The van der Waals surface area contributed by atoms with Crippen LogP contribution in [-0.4, -0.2) is 36.4 Å². The Morgan fingerprint density at radius 1 is 1.26 bits per heavy atom. The van der Waals surface area contributed by atoms with E-state index in [0.717, 1.165) is 18.4 Å². The van der Waals surface area contributed by atoms with Crippen molar-refractivity contribution >= 4 is 11.8 Å². The molecule has 0 bridgehead atoms. The van der Waals surface area contributed by atoms with Gasteiger partial charge in [-0.25, -0.2) is 0 Å². The first kappa shape index (κ1) is 24.2. The number of allylic oxidation sites excluding steroid dienone is 2. The molecule has 0 N–H and O–H groups in total. The van der Waals surface area contributed by atoms with Crippen molar-refractivity contribution in [3.8, 4) is 0 Å². The Bertz CT molecular complexity index is 777. The number of hydrogen-bond acceptors (Lipinski definition) is 5. The Balaban J connectivity index is 2.05. The van der Waals surface area contributed by atoms with Gasteiger partial charge in [0.05, 0.1) is 18.6 Å². The zero-order valence-electron chi connectivity index (χ0n) is 20.5. The first-order valence-corrected chi connectivity index (χ1v) is 11.8. The monoisotopic (exact) mass is 432 g/mol. The quantitative estimate of drug-likeness (QED) is 0.451. The molecule has 0 radical (unpaired) electrons. The molecule has 6 atom stereocenters. The van der Waals surface area contributed by atoms with E-state index < -0.39 is 5.79 Å². The van der Waals surface area contributed by atoms with Crippen LogP contribution in [0.1, 0.15) is 74.7 Å². The van der Waals surface area contributed by atoms with E-state index in [-0.39, 0.29) is 47.1 Å². The van der Waals surface area contributed by atoms with E-state index in [1.807, 2.05) is 39.8 Å². The summed E-state index contributed by atoms with van der Waals surface area (Å²) in [6.07, 6.45) is 5.81. The minimum absolute atomic E-state index is 0.0473. The molecule has 174 valence electrons. The smallest absolute Gasteiger partial charge is 0.312 e. The molecule has 1 saturated carbocycles. The molecular formula is C26H40O5. The molecule has 0 aromatic heterocycles. The number of rotatable bonds is 3. The van der Waals surface area contributed by atoms with Gasteiger partial charge in [0.1, 0.15) is 6.10 Å². The average Bonchev–Trinajstić information content (AvgIpc) is 3.06. The lowest BCUT2D eigenvalue weighted by Crippen LogP contribution is -2.36. The summed E-state index contributed by atoms with van der Waals surface area (Å²) in [4.78, 5) is 25.9. The number of carbonyl (C=O) groups excluding carboxylic acids is 2. The molecule has 2 aliphatic carbocycles. The van der Waals surface area contributed by atoms with Gasteiger partial charge in [-0.05, 0) is 75.9 Å². The normalized spacial score (nSPS) is 41.5. The number of ketones is 1. The molecule has 5 nitrogen and oxygen atoms in total. The van der Waals surface area contributed by atoms with Gasteiger partial charge < -0.3 is 14.2 Å². The molecule has 1 saturated heterocycles. The summed E-state index contributed by atoms with van der Waals surface area (Å²) in [6.45, 7) is 16.8. The van der Waals surface area contributed by atoms with E-state index in [1.54, 1.807) is 0 Å². The topological polar surface area (TPSA) is 61.8 Å². The standard InChI is InChI=1S/C26H40O5/c1-9-29-24(28)18-12-16(4)10-11-26(8)19(14-20(27)17(5)13-18)22-23(21(26)15(2)3)31-25(6,7)30-22/h12,14-15,17-18,21-23H,9-11,13H2,1-8H3/b16-12-,19-14-/t17?,18?,21-,22+,23-,26-/m0/s1. The summed E-state index contributed by atoms with van der Waals surface area (Å²) < 4.78 is 18.0. The number of ether oxygens (including phenoxy) is 3. The van der Waals surface area contributed by atoms with Crippen LogP contribution in [0.25, 0.3) is 0 Å². The Kier molecular flexibility index (Phi) is 6.88.